The Balaban J connectivity index is 2.08. The summed E-state index contributed by atoms with van der Waals surface area (Å²) in [4.78, 5) is 15.2. The van der Waals surface area contributed by atoms with Crippen LogP contribution in [0.25, 0.3) is 5.53 Å². The minimum atomic E-state index is 0.141. The number of ketones is 1. The van der Waals surface area contributed by atoms with E-state index in [0.717, 1.165) is 37.5 Å². The molecule has 0 aliphatic heterocycles. The van der Waals surface area contributed by atoms with E-state index in [9.17, 15) is 4.79 Å². The first-order valence-corrected chi connectivity index (χ1v) is 5.54. The van der Waals surface area contributed by atoms with E-state index in [0.29, 0.717) is 5.71 Å². The highest BCUT2D eigenvalue weighted by Gasteiger charge is 2.50. The molecule has 0 aromatic heterocycles. The zero-order valence-electron chi connectivity index (χ0n) is 8.15. The number of rotatable bonds is 0. The Morgan fingerprint density at radius 1 is 1.00 bits per heavy atom. The lowest BCUT2D eigenvalue weighted by atomic mass is 9.68. The zero-order valence-corrected chi connectivity index (χ0v) is 8.15. The Kier molecular flexibility index (Phi) is 1.65. The third kappa shape index (κ3) is 1.02. The smallest absolute Gasteiger partial charge is 0.337 e. The molecule has 14 heavy (non-hydrogen) atoms. The molecule has 4 aliphatic carbocycles. The third-order valence-electron chi connectivity index (χ3n) is 4.26. The molecule has 4 fully saturated rings. The molecule has 0 heterocycles. The minimum absolute atomic E-state index is 0.141. The van der Waals surface area contributed by atoms with E-state index in [1.807, 2.05) is 0 Å². The first-order valence-electron chi connectivity index (χ1n) is 5.54. The molecule has 0 spiro atoms. The van der Waals surface area contributed by atoms with Gasteiger partial charge in [-0.25, -0.2) is 0 Å². The van der Waals surface area contributed by atoms with Crippen molar-refractivity contribution in [1.29, 1.82) is 0 Å². The van der Waals surface area contributed by atoms with Crippen molar-refractivity contribution in [3.63, 3.8) is 0 Å². The molecule has 0 aromatic carbocycles. The summed E-state index contributed by atoms with van der Waals surface area (Å²) in [7, 11) is 0. The van der Waals surface area contributed by atoms with Gasteiger partial charge >= 0.3 is 5.71 Å². The van der Waals surface area contributed by atoms with Crippen molar-refractivity contribution in [2.24, 2.45) is 23.7 Å². The van der Waals surface area contributed by atoms with Crippen LogP contribution >= 0.6 is 0 Å². The molecule has 0 radical (unpaired) electrons. The van der Waals surface area contributed by atoms with Crippen molar-refractivity contribution >= 4 is 11.5 Å². The van der Waals surface area contributed by atoms with Gasteiger partial charge in [-0.15, -0.1) is 0 Å². The Morgan fingerprint density at radius 3 is 2.14 bits per heavy atom. The van der Waals surface area contributed by atoms with E-state index in [4.69, 9.17) is 5.53 Å². The van der Waals surface area contributed by atoms with Gasteiger partial charge in [0.15, 0.2) is 0 Å². The fourth-order valence-corrected chi connectivity index (χ4v) is 3.83. The molecule has 0 aromatic rings. The molecule has 4 rings (SSSR count). The summed E-state index contributed by atoms with van der Waals surface area (Å²) in [5, 5.41) is 0. The van der Waals surface area contributed by atoms with E-state index in [2.05, 4.69) is 4.79 Å². The Morgan fingerprint density at radius 2 is 1.57 bits per heavy atom. The second-order valence-electron chi connectivity index (χ2n) is 5.15. The van der Waals surface area contributed by atoms with Crippen LogP contribution in [0.4, 0.5) is 0 Å². The van der Waals surface area contributed by atoms with Crippen LogP contribution in [0.3, 0.4) is 0 Å². The zero-order chi connectivity index (χ0) is 9.71. The lowest BCUT2D eigenvalue weighted by Gasteiger charge is -2.36. The summed E-state index contributed by atoms with van der Waals surface area (Å²) in [5.41, 5.74) is 9.39. The molecule has 2 unspecified atom stereocenters. The van der Waals surface area contributed by atoms with Crippen molar-refractivity contribution in [3.8, 4) is 0 Å². The molecule has 2 atom stereocenters. The Hall–Kier alpha value is -0.950. The quantitative estimate of drug-likeness (QED) is 0.423. The van der Waals surface area contributed by atoms with Gasteiger partial charge in [-0.1, -0.05) is 0 Å². The molecular formula is C11H14N2O. The average molecular weight is 190 g/mol. The van der Waals surface area contributed by atoms with E-state index in [-0.39, 0.29) is 17.6 Å². The predicted molar refractivity (Wildman–Crippen MR) is 50.7 cm³/mol. The second-order valence-corrected chi connectivity index (χ2v) is 5.15. The van der Waals surface area contributed by atoms with Crippen LogP contribution in [0.5, 0.6) is 0 Å². The van der Waals surface area contributed by atoms with Crippen molar-refractivity contribution < 1.29 is 9.58 Å². The van der Waals surface area contributed by atoms with Crippen LogP contribution in [-0.2, 0) is 4.79 Å². The molecule has 3 nitrogen and oxygen atoms in total. The van der Waals surface area contributed by atoms with Crippen molar-refractivity contribution in [2.45, 2.75) is 32.1 Å². The molecule has 4 saturated carbocycles. The van der Waals surface area contributed by atoms with Crippen LogP contribution in [0.1, 0.15) is 32.1 Å². The van der Waals surface area contributed by atoms with Gasteiger partial charge in [-0.2, -0.15) is 4.79 Å². The van der Waals surface area contributed by atoms with Crippen LogP contribution in [0.2, 0.25) is 0 Å². The molecular weight excluding hydrogens is 176 g/mol. The van der Waals surface area contributed by atoms with Gasteiger partial charge in [-0.3, -0.25) is 4.79 Å². The van der Waals surface area contributed by atoms with E-state index >= 15 is 0 Å². The fraction of sp³-hybridized carbons (Fsp3) is 0.818. The maximum absolute atomic E-state index is 11.9. The topological polar surface area (TPSA) is 53.5 Å². The van der Waals surface area contributed by atoms with Gasteiger partial charge in [0.2, 0.25) is 5.78 Å². The number of hydrogen-bond donors (Lipinski definition) is 0. The first-order chi connectivity index (χ1) is 6.78. The van der Waals surface area contributed by atoms with E-state index in [1.54, 1.807) is 0 Å². The maximum atomic E-state index is 11.9. The van der Waals surface area contributed by atoms with Gasteiger partial charge in [0, 0.05) is 5.92 Å². The first kappa shape index (κ1) is 8.37. The van der Waals surface area contributed by atoms with Gasteiger partial charge in [0.1, 0.15) is 0 Å². The summed E-state index contributed by atoms with van der Waals surface area (Å²) in [6.45, 7) is 0. The Bertz CT molecular complexity index is 329. The van der Waals surface area contributed by atoms with Crippen LogP contribution < -0.4 is 0 Å². The van der Waals surface area contributed by atoms with Gasteiger partial charge in [-0.05, 0) is 43.9 Å². The number of fused-ring (bicyclic) bond motifs is 1. The third-order valence-corrected chi connectivity index (χ3v) is 4.26. The van der Waals surface area contributed by atoms with Gasteiger partial charge in [0.05, 0.1) is 5.92 Å². The lowest BCUT2D eigenvalue weighted by Crippen LogP contribution is -2.28. The summed E-state index contributed by atoms with van der Waals surface area (Å²) in [5.74, 6) is 2.03. The van der Waals surface area contributed by atoms with Crippen molar-refractivity contribution in [1.82, 2.24) is 0 Å². The van der Waals surface area contributed by atoms with Crippen LogP contribution in [-0.4, -0.2) is 16.3 Å². The summed E-state index contributed by atoms with van der Waals surface area (Å²) in [6.07, 6.45) is 5.56. The molecule has 0 amide bonds. The number of nitrogens with zero attached hydrogens (tertiary/aromatic N) is 2. The van der Waals surface area contributed by atoms with Crippen molar-refractivity contribution in [3.05, 3.63) is 5.53 Å². The SMILES string of the molecule is [N-]=[N+]=C1C(=O)C2CC3CC(C2)CC1C3. The van der Waals surface area contributed by atoms with Crippen LogP contribution in [0.15, 0.2) is 0 Å². The molecule has 4 bridgehead atoms. The summed E-state index contributed by atoms with van der Waals surface area (Å²) >= 11 is 0. The van der Waals surface area contributed by atoms with Crippen molar-refractivity contribution in [2.75, 3.05) is 0 Å². The molecule has 0 N–H and O–H groups in total. The highest BCUT2D eigenvalue weighted by atomic mass is 16.1. The highest BCUT2D eigenvalue weighted by Crippen LogP contribution is 2.48. The van der Waals surface area contributed by atoms with Crippen LogP contribution in [0, 0.1) is 23.7 Å². The molecule has 4 aliphatic rings. The van der Waals surface area contributed by atoms with E-state index < -0.39 is 0 Å². The lowest BCUT2D eigenvalue weighted by molar-refractivity contribution is -0.121. The molecule has 0 saturated heterocycles. The molecule has 3 heteroatoms. The molecule has 74 valence electrons. The number of hydrogen-bond acceptors (Lipinski definition) is 1. The van der Waals surface area contributed by atoms with Gasteiger partial charge < -0.3 is 5.53 Å². The standard InChI is InChI=1S/C11H14N2O/c12-13-10-8-2-6-1-7(3-8)5-9(4-6)11(10)14/h6-9H,1-5H2. The average Bonchev–Trinajstić information content (AvgIpc) is 2.29. The largest absolute Gasteiger partial charge is 0.361 e. The number of Topliss-reactive ketones (excluding diaryl/α,β-unsaturated/α-hetero) is 1. The van der Waals surface area contributed by atoms with Gasteiger partial charge in [0.25, 0.3) is 0 Å². The van der Waals surface area contributed by atoms with E-state index in [1.165, 1.54) is 6.42 Å². The fourth-order valence-electron chi connectivity index (χ4n) is 3.83. The predicted octanol–water partition coefficient (Wildman–Crippen LogP) is 1.68. The number of carbonyl (C=O) groups excluding carboxylic acids is 1. The maximum Gasteiger partial charge on any atom is 0.337 e. The Labute approximate surface area is 83.1 Å². The second kappa shape index (κ2) is 2.77. The monoisotopic (exact) mass is 190 g/mol. The minimum Gasteiger partial charge on any atom is -0.361 e. The normalized spacial score (nSPS) is 45.1. The summed E-state index contributed by atoms with van der Waals surface area (Å²) in [6, 6.07) is 0. The summed E-state index contributed by atoms with van der Waals surface area (Å²) < 4.78 is 0. The number of carbonyl (C=O) groups is 1. The highest BCUT2D eigenvalue weighted by molar-refractivity contribution is 6.39.